The van der Waals surface area contributed by atoms with Crippen LogP contribution in [0.1, 0.15) is 25.0 Å². The summed E-state index contributed by atoms with van der Waals surface area (Å²) >= 11 is 3.73. The smallest absolute Gasteiger partial charge is 0.0603 e. The Labute approximate surface area is 294 Å². The maximum absolute atomic E-state index is 2.44. The normalized spacial score (nSPS) is 14.0. The second-order valence-electron chi connectivity index (χ2n) is 13.4. The molecule has 0 saturated heterocycles. The van der Waals surface area contributed by atoms with Crippen LogP contribution in [-0.2, 0) is 5.41 Å². The van der Waals surface area contributed by atoms with E-state index in [9.17, 15) is 0 Å². The number of thiophene rings is 1. The molecule has 2 nitrogen and oxygen atoms in total. The second kappa shape index (κ2) is 10.9. The molecule has 0 amide bonds. The summed E-state index contributed by atoms with van der Waals surface area (Å²) in [7, 11) is 0. The average molecular weight is 665 g/mol. The first-order valence-electron chi connectivity index (χ1n) is 16.8. The van der Waals surface area contributed by atoms with Crippen molar-refractivity contribution in [1.29, 1.82) is 0 Å². The van der Waals surface area contributed by atoms with E-state index in [4.69, 9.17) is 0 Å². The van der Waals surface area contributed by atoms with Gasteiger partial charge in [-0.15, -0.1) is 11.3 Å². The first-order valence-corrected chi connectivity index (χ1v) is 18.4. The number of hydrogen-bond donors (Lipinski definition) is 0. The molecule has 1 aliphatic carbocycles. The summed E-state index contributed by atoms with van der Waals surface area (Å²) in [6.45, 7) is 4.71. The molecular formula is C45H32N2S2. The van der Waals surface area contributed by atoms with Crippen molar-refractivity contribution < 1.29 is 0 Å². The minimum Gasteiger partial charge on any atom is -0.310 e. The molecule has 49 heavy (non-hydrogen) atoms. The molecule has 8 aromatic rings. The Morgan fingerprint density at radius 2 is 1.18 bits per heavy atom. The van der Waals surface area contributed by atoms with E-state index >= 15 is 0 Å². The fourth-order valence-electron chi connectivity index (χ4n) is 7.87. The minimum absolute atomic E-state index is 0.0737. The topological polar surface area (TPSA) is 6.48 Å². The molecule has 0 fully saturated rings. The molecule has 7 aromatic carbocycles. The van der Waals surface area contributed by atoms with Crippen molar-refractivity contribution >= 4 is 77.4 Å². The van der Waals surface area contributed by atoms with Gasteiger partial charge in [0, 0.05) is 58.1 Å². The SMILES string of the molecule is CC1(C)c2ccccc2-c2ccc(N(c3ccccc3)c3ccc4c(c3)Sc3ccccc3N4c3ccc4c(c3)sc3ccccc34)cc21. The molecule has 10 rings (SSSR count). The molecule has 4 heteroatoms. The lowest BCUT2D eigenvalue weighted by atomic mass is 9.82. The van der Waals surface area contributed by atoms with Crippen LogP contribution in [0.5, 0.6) is 0 Å². The summed E-state index contributed by atoms with van der Waals surface area (Å²) in [5.74, 6) is 0. The third-order valence-corrected chi connectivity index (χ3v) is 12.5. The van der Waals surface area contributed by atoms with E-state index in [-0.39, 0.29) is 5.41 Å². The monoisotopic (exact) mass is 664 g/mol. The van der Waals surface area contributed by atoms with Crippen LogP contribution < -0.4 is 9.80 Å². The van der Waals surface area contributed by atoms with Gasteiger partial charge in [-0.1, -0.05) is 111 Å². The first-order chi connectivity index (χ1) is 24.0. The number of nitrogens with zero attached hydrogens (tertiary/aromatic N) is 2. The van der Waals surface area contributed by atoms with E-state index in [1.807, 2.05) is 23.1 Å². The van der Waals surface area contributed by atoms with Gasteiger partial charge in [-0.05, 0) is 95.1 Å². The van der Waals surface area contributed by atoms with Crippen molar-refractivity contribution in [3.05, 3.63) is 169 Å². The van der Waals surface area contributed by atoms with Crippen molar-refractivity contribution in [1.82, 2.24) is 0 Å². The Balaban J connectivity index is 1.12. The molecule has 1 aliphatic heterocycles. The van der Waals surface area contributed by atoms with E-state index in [2.05, 4.69) is 181 Å². The molecule has 0 N–H and O–H groups in total. The number of rotatable bonds is 4. The maximum atomic E-state index is 2.44. The number of benzene rings is 7. The summed E-state index contributed by atoms with van der Waals surface area (Å²) in [6.07, 6.45) is 0. The molecule has 2 aliphatic rings. The number of fused-ring (bicyclic) bond motifs is 8. The lowest BCUT2D eigenvalue weighted by Gasteiger charge is -2.34. The van der Waals surface area contributed by atoms with Gasteiger partial charge in [0.1, 0.15) is 0 Å². The third kappa shape index (κ3) is 4.41. The van der Waals surface area contributed by atoms with E-state index in [1.165, 1.54) is 75.0 Å². The summed E-state index contributed by atoms with van der Waals surface area (Å²) < 4.78 is 2.64. The van der Waals surface area contributed by atoms with Crippen molar-refractivity contribution in [2.75, 3.05) is 9.80 Å². The Morgan fingerprint density at radius 1 is 0.490 bits per heavy atom. The van der Waals surface area contributed by atoms with Gasteiger partial charge in [0.25, 0.3) is 0 Å². The molecule has 0 spiro atoms. The van der Waals surface area contributed by atoms with Crippen molar-refractivity contribution in [3.8, 4) is 11.1 Å². The second-order valence-corrected chi connectivity index (χ2v) is 15.6. The molecular weight excluding hydrogens is 633 g/mol. The van der Waals surface area contributed by atoms with E-state index < -0.39 is 0 Å². The summed E-state index contributed by atoms with van der Waals surface area (Å²) in [6, 6.07) is 58.1. The van der Waals surface area contributed by atoms with Gasteiger partial charge in [-0.3, -0.25) is 0 Å². The Morgan fingerprint density at radius 3 is 2.10 bits per heavy atom. The standard InChI is InChI=1S/C45H32N2S2/c1-45(2)37-16-8-6-14-33(37)34-23-20-30(26-38(34)45)46(29-12-4-3-5-13-29)31-22-25-40-44(28-31)49-42-19-11-9-17-39(42)47(40)32-21-24-36-35-15-7-10-18-41(35)48-43(36)27-32/h3-28H,1-2H3. The highest BCUT2D eigenvalue weighted by Crippen LogP contribution is 2.55. The van der Waals surface area contributed by atoms with Gasteiger partial charge < -0.3 is 9.80 Å². The predicted molar refractivity (Wildman–Crippen MR) is 210 cm³/mol. The van der Waals surface area contributed by atoms with Crippen molar-refractivity contribution in [3.63, 3.8) is 0 Å². The van der Waals surface area contributed by atoms with E-state index in [0.29, 0.717) is 0 Å². The van der Waals surface area contributed by atoms with Gasteiger partial charge in [0.15, 0.2) is 0 Å². The molecule has 2 heterocycles. The molecule has 0 unspecified atom stereocenters. The molecule has 0 saturated carbocycles. The predicted octanol–water partition coefficient (Wildman–Crippen LogP) is 13.8. The first kappa shape index (κ1) is 28.7. The van der Waals surface area contributed by atoms with Crippen LogP contribution in [0.15, 0.2) is 168 Å². The lowest BCUT2D eigenvalue weighted by molar-refractivity contribution is 0.660. The summed E-state index contributed by atoms with van der Waals surface area (Å²) in [5, 5.41) is 2.65. The fourth-order valence-corrected chi connectivity index (χ4v) is 10.1. The van der Waals surface area contributed by atoms with Gasteiger partial charge in [0.05, 0.1) is 11.4 Å². The highest BCUT2D eigenvalue weighted by molar-refractivity contribution is 7.99. The zero-order valence-electron chi connectivity index (χ0n) is 27.2. The number of hydrogen-bond acceptors (Lipinski definition) is 4. The Hall–Kier alpha value is -5.29. The Bertz CT molecular complexity index is 2580. The maximum Gasteiger partial charge on any atom is 0.0603 e. The van der Waals surface area contributed by atoms with Crippen LogP contribution in [0.4, 0.5) is 34.1 Å². The zero-order valence-corrected chi connectivity index (χ0v) is 28.9. The Kier molecular flexibility index (Phi) is 6.36. The van der Waals surface area contributed by atoms with Crippen LogP contribution in [0.25, 0.3) is 31.3 Å². The zero-order chi connectivity index (χ0) is 32.7. The van der Waals surface area contributed by atoms with E-state index in [1.54, 1.807) is 0 Å². The van der Waals surface area contributed by atoms with Gasteiger partial charge in [-0.2, -0.15) is 0 Å². The largest absolute Gasteiger partial charge is 0.310 e. The van der Waals surface area contributed by atoms with Gasteiger partial charge in [0.2, 0.25) is 0 Å². The number of para-hydroxylation sites is 2. The highest BCUT2D eigenvalue weighted by Gasteiger charge is 2.36. The molecule has 0 atom stereocenters. The lowest BCUT2D eigenvalue weighted by Crippen LogP contribution is -2.17. The van der Waals surface area contributed by atoms with Crippen LogP contribution in [0.3, 0.4) is 0 Å². The summed E-state index contributed by atoms with van der Waals surface area (Å²) in [5.41, 5.74) is 12.4. The highest BCUT2D eigenvalue weighted by atomic mass is 32.2. The number of anilines is 6. The minimum atomic E-state index is -0.0737. The quantitative estimate of drug-likeness (QED) is 0.185. The third-order valence-electron chi connectivity index (χ3n) is 10.2. The molecule has 234 valence electrons. The van der Waals surface area contributed by atoms with Crippen molar-refractivity contribution in [2.45, 2.75) is 29.1 Å². The average Bonchev–Trinajstić information content (AvgIpc) is 3.62. The van der Waals surface area contributed by atoms with Crippen LogP contribution in [0, 0.1) is 0 Å². The fraction of sp³-hybridized carbons (Fsp3) is 0.0667. The molecule has 1 aromatic heterocycles. The van der Waals surface area contributed by atoms with Crippen LogP contribution in [0.2, 0.25) is 0 Å². The van der Waals surface area contributed by atoms with Gasteiger partial charge >= 0.3 is 0 Å². The van der Waals surface area contributed by atoms with Gasteiger partial charge in [-0.25, -0.2) is 0 Å². The van der Waals surface area contributed by atoms with Crippen molar-refractivity contribution in [2.24, 2.45) is 0 Å². The molecule has 0 bridgehead atoms. The van der Waals surface area contributed by atoms with E-state index in [0.717, 1.165) is 11.4 Å². The molecule has 0 radical (unpaired) electrons. The van der Waals surface area contributed by atoms with Crippen LogP contribution >= 0.6 is 23.1 Å². The van der Waals surface area contributed by atoms with Crippen LogP contribution in [-0.4, -0.2) is 0 Å². The summed E-state index contributed by atoms with van der Waals surface area (Å²) in [4.78, 5) is 7.35.